The summed E-state index contributed by atoms with van der Waals surface area (Å²) in [4.78, 5) is 34.0. The van der Waals surface area contributed by atoms with Gasteiger partial charge in [-0.15, -0.1) is 13.2 Å². The number of carboxylic acid groups (broad SMARTS) is 1. The van der Waals surface area contributed by atoms with Gasteiger partial charge in [-0.1, -0.05) is 18.2 Å². The Morgan fingerprint density at radius 1 is 1.12 bits per heavy atom. The number of benzene rings is 1. The molecule has 0 aliphatic rings. The third-order valence-corrected chi connectivity index (χ3v) is 3.15. The molecule has 0 fully saturated rings. The molecule has 0 aliphatic carbocycles. The average molecular weight is 340 g/mol. The fourth-order valence-corrected chi connectivity index (χ4v) is 2.10. The topological polar surface area (TPSA) is 79.6 Å². The molecule has 24 heavy (non-hydrogen) atoms. The fourth-order valence-electron chi connectivity index (χ4n) is 2.10. The summed E-state index contributed by atoms with van der Waals surface area (Å²) in [5.74, 6) is -4.51. The summed E-state index contributed by atoms with van der Waals surface area (Å²) in [6, 6.07) is 7.21. The van der Waals surface area contributed by atoms with E-state index < -0.39 is 35.3 Å². The summed E-state index contributed by atoms with van der Waals surface area (Å²) in [6.07, 6.45) is -4.01. The van der Waals surface area contributed by atoms with Gasteiger partial charge in [0, 0.05) is 18.8 Å². The maximum atomic E-state index is 13.3. The Bertz CT molecular complexity index is 797. The Hall–Kier alpha value is -3.10. The van der Waals surface area contributed by atoms with Crippen molar-refractivity contribution in [2.75, 3.05) is 4.90 Å². The lowest BCUT2D eigenvalue weighted by molar-refractivity contribution is -0.131. The first-order chi connectivity index (χ1) is 11.1. The number of carbonyl (C=O) groups excluding carboxylic acids is 2. The second-order valence-corrected chi connectivity index (χ2v) is 4.80. The van der Waals surface area contributed by atoms with E-state index in [1.165, 1.54) is 25.2 Å². The zero-order valence-electron chi connectivity index (χ0n) is 12.2. The molecule has 0 spiro atoms. The van der Waals surface area contributed by atoms with Gasteiger partial charge < -0.3 is 9.67 Å². The van der Waals surface area contributed by atoms with Gasteiger partial charge in [0.25, 0.3) is 11.7 Å². The van der Waals surface area contributed by atoms with E-state index in [1.54, 1.807) is 0 Å². The Balaban J connectivity index is 2.49. The molecule has 0 aliphatic heterocycles. The van der Waals surface area contributed by atoms with Crippen LogP contribution in [0.1, 0.15) is 20.8 Å². The number of carboxylic acids is 1. The van der Waals surface area contributed by atoms with Gasteiger partial charge in [-0.2, -0.15) is 0 Å². The van der Waals surface area contributed by atoms with Gasteiger partial charge in [0.15, 0.2) is 0 Å². The van der Waals surface area contributed by atoms with E-state index in [-0.39, 0.29) is 10.5 Å². The normalized spacial score (nSPS) is 11.2. The van der Waals surface area contributed by atoms with Crippen LogP contribution in [0.15, 0.2) is 42.6 Å². The highest BCUT2D eigenvalue weighted by molar-refractivity contribution is 6.40. The molecule has 0 bridgehead atoms. The molecule has 0 unspecified atom stereocenters. The predicted octanol–water partition coefficient (Wildman–Crippen LogP) is 2.46. The molecule has 1 N–H and O–H groups in total. The van der Waals surface area contributed by atoms with Crippen molar-refractivity contribution in [2.45, 2.75) is 6.30 Å². The van der Waals surface area contributed by atoms with Crippen LogP contribution in [0.3, 0.4) is 0 Å². The Morgan fingerprint density at radius 3 is 2.21 bits per heavy atom. The molecule has 1 amide bonds. The third-order valence-electron chi connectivity index (χ3n) is 3.15. The summed E-state index contributed by atoms with van der Waals surface area (Å²) in [6.45, 7) is 0. The number of alkyl halides is 3. The van der Waals surface area contributed by atoms with Gasteiger partial charge in [0.05, 0.1) is 5.69 Å². The lowest BCUT2D eigenvalue weighted by Gasteiger charge is -2.25. The molecule has 0 saturated heterocycles. The highest BCUT2D eigenvalue weighted by Gasteiger charge is 2.43. The number of ketones is 1. The number of amides is 1. The zero-order valence-corrected chi connectivity index (χ0v) is 12.2. The first kappa shape index (κ1) is 17.3. The van der Waals surface area contributed by atoms with Crippen molar-refractivity contribution < 1.29 is 32.7 Å². The first-order valence-electron chi connectivity index (χ1n) is 6.53. The van der Waals surface area contributed by atoms with Gasteiger partial charge in [0.1, 0.15) is 5.69 Å². The molecule has 0 radical (unpaired) electrons. The van der Waals surface area contributed by atoms with Crippen LogP contribution in [-0.2, 0) is 11.8 Å². The van der Waals surface area contributed by atoms with E-state index in [4.69, 9.17) is 5.11 Å². The Labute approximate surface area is 133 Å². The lowest BCUT2D eigenvalue weighted by Crippen LogP contribution is -2.43. The zero-order chi connectivity index (χ0) is 18.1. The molecule has 0 saturated carbocycles. The minimum Gasteiger partial charge on any atom is -0.475 e. The van der Waals surface area contributed by atoms with Crippen LogP contribution in [0.5, 0.6) is 0 Å². The number of hydrogen-bond donors (Lipinski definition) is 1. The van der Waals surface area contributed by atoms with Gasteiger partial charge in [-0.25, -0.2) is 9.69 Å². The molecule has 2 rings (SSSR count). The van der Waals surface area contributed by atoms with E-state index in [9.17, 15) is 27.6 Å². The van der Waals surface area contributed by atoms with E-state index in [0.29, 0.717) is 0 Å². The molecule has 9 heteroatoms. The van der Waals surface area contributed by atoms with Crippen molar-refractivity contribution in [2.24, 2.45) is 7.05 Å². The Kier molecular flexibility index (Phi) is 4.45. The van der Waals surface area contributed by atoms with E-state index >= 15 is 0 Å². The van der Waals surface area contributed by atoms with Crippen molar-refractivity contribution in [3.63, 3.8) is 0 Å². The minimum absolute atomic E-state index is 0.378. The summed E-state index contributed by atoms with van der Waals surface area (Å²) in [7, 11) is 1.24. The standard InChI is InChI=1S/C15H11F3N2O4/c1-19-8-9(12(21)14(23)24)7-11(19)13(22)20(15(16,17)18)10-5-3-2-4-6-10/h2-8H,1H3,(H,23,24). The highest BCUT2D eigenvalue weighted by Crippen LogP contribution is 2.30. The predicted molar refractivity (Wildman–Crippen MR) is 76.7 cm³/mol. The maximum absolute atomic E-state index is 13.3. The van der Waals surface area contributed by atoms with Crippen molar-refractivity contribution in [1.82, 2.24) is 4.57 Å². The molecule has 6 nitrogen and oxygen atoms in total. The minimum atomic E-state index is -5.00. The molecule has 1 aromatic heterocycles. The van der Waals surface area contributed by atoms with Crippen molar-refractivity contribution in [3.05, 3.63) is 53.9 Å². The lowest BCUT2D eigenvalue weighted by atomic mass is 10.2. The number of aromatic nitrogens is 1. The molecule has 1 heterocycles. The summed E-state index contributed by atoms with van der Waals surface area (Å²) < 4.78 is 40.9. The van der Waals surface area contributed by atoms with Crippen molar-refractivity contribution in [3.8, 4) is 0 Å². The smallest absolute Gasteiger partial charge is 0.475 e. The fraction of sp³-hybridized carbons (Fsp3) is 0.133. The van der Waals surface area contributed by atoms with Crippen molar-refractivity contribution in [1.29, 1.82) is 0 Å². The largest absolute Gasteiger partial charge is 0.491 e. The third kappa shape index (κ3) is 3.29. The van der Waals surface area contributed by atoms with Gasteiger partial charge >= 0.3 is 12.3 Å². The molecular weight excluding hydrogens is 329 g/mol. The number of rotatable bonds is 4. The van der Waals surface area contributed by atoms with E-state index in [1.807, 2.05) is 0 Å². The number of carbonyl (C=O) groups is 3. The SMILES string of the molecule is Cn1cc(C(=O)C(=O)O)cc1C(=O)N(c1ccccc1)C(F)(F)F. The number of para-hydroxylation sites is 1. The van der Waals surface area contributed by atoms with Crippen molar-refractivity contribution >= 4 is 23.3 Å². The van der Waals surface area contributed by atoms with Gasteiger partial charge in [-0.3, -0.25) is 9.59 Å². The summed E-state index contributed by atoms with van der Waals surface area (Å²) in [5.41, 5.74) is -1.26. The van der Waals surface area contributed by atoms with Crippen LogP contribution < -0.4 is 4.90 Å². The molecule has 126 valence electrons. The van der Waals surface area contributed by atoms with E-state index in [0.717, 1.165) is 29.0 Å². The number of nitrogens with zero attached hydrogens (tertiary/aromatic N) is 2. The van der Waals surface area contributed by atoms with Crippen LogP contribution in [0.2, 0.25) is 0 Å². The van der Waals surface area contributed by atoms with Crippen LogP contribution in [0.25, 0.3) is 0 Å². The monoisotopic (exact) mass is 340 g/mol. The number of aryl methyl sites for hydroxylation is 1. The Morgan fingerprint density at radius 2 is 1.71 bits per heavy atom. The molecule has 0 atom stereocenters. The number of anilines is 1. The number of halogens is 3. The van der Waals surface area contributed by atoms with Crippen LogP contribution in [-0.4, -0.2) is 33.6 Å². The van der Waals surface area contributed by atoms with Gasteiger partial charge in [0.2, 0.25) is 0 Å². The number of aliphatic carboxylic acids is 1. The maximum Gasteiger partial charge on any atom is 0.491 e. The number of hydrogen-bond acceptors (Lipinski definition) is 3. The second kappa shape index (κ2) is 6.19. The van der Waals surface area contributed by atoms with Gasteiger partial charge in [-0.05, 0) is 18.2 Å². The van der Waals surface area contributed by atoms with Crippen LogP contribution in [0.4, 0.5) is 18.9 Å². The van der Waals surface area contributed by atoms with Crippen LogP contribution in [0, 0.1) is 0 Å². The quantitative estimate of drug-likeness (QED) is 0.527. The molecule has 2 aromatic rings. The highest BCUT2D eigenvalue weighted by atomic mass is 19.4. The van der Waals surface area contributed by atoms with E-state index in [2.05, 4.69) is 0 Å². The summed E-state index contributed by atoms with van der Waals surface area (Å²) in [5, 5.41) is 8.66. The average Bonchev–Trinajstić information content (AvgIpc) is 2.88. The molecular formula is C15H11F3N2O4. The number of Topliss-reactive ketones (excluding diaryl/α,β-unsaturated/α-hetero) is 1. The summed E-state index contributed by atoms with van der Waals surface area (Å²) >= 11 is 0. The molecule has 1 aromatic carbocycles. The van der Waals surface area contributed by atoms with Crippen LogP contribution >= 0.6 is 0 Å². The first-order valence-corrected chi connectivity index (χ1v) is 6.53. The second-order valence-electron chi connectivity index (χ2n) is 4.80.